The zero-order valence-corrected chi connectivity index (χ0v) is 17.8. The first-order valence-electron chi connectivity index (χ1n) is 8.88. The summed E-state index contributed by atoms with van der Waals surface area (Å²) in [5, 5.41) is 18.5. The smallest absolute Gasteiger partial charge is 0.293 e. The van der Waals surface area contributed by atoms with Crippen LogP contribution >= 0.6 is 11.3 Å². The van der Waals surface area contributed by atoms with Crippen molar-refractivity contribution in [3.05, 3.63) is 69.5 Å². The number of nitrogens with zero attached hydrogens (tertiary/aromatic N) is 2. The Bertz CT molecular complexity index is 1240. The van der Waals surface area contributed by atoms with Gasteiger partial charge in [0.15, 0.2) is 9.84 Å². The lowest BCUT2D eigenvalue weighted by Gasteiger charge is -2.09. The van der Waals surface area contributed by atoms with E-state index in [-0.39, 0.29) is 35.1 Å². The summed E-state index contributed by atoms with van der Waals surface area (Å²) >= 11 is 1.14. The molecule has 0 spiro atoms. The number of amides is 1. The van der Waals surface area contributed by atoms with Crippen LogP contribution in [0.15, 0.2) is 52.7 Å². The molecule has 0 saturated carbocycles. The molecule has 12 heteroatoms. The van der Waals surface area contributed by atoms with Gasteiger partial charge in [-0.25, -0.2) is 17.8 Å². The molecule has 162 valence electrons. The lowest BCUT2D eigenvalue weighted by molar-refractivity contribution is -0.384. The molecule has 0 aliphatic rings. The van der Waals surface area contributed by atoms with Gasteiger partial charge < -0.3 is 10.6 Å². The number of nitro groups is 1. The number of halogens is 1. The Morgan fingerprint density at radius 2 is 1.97 bits per heavy atom. The Morgan fingerprint density at radius 1 is 1.23 bits per heavy atom. The van der Waals surface area contributed by atoms with Crippen LogP contribution in [0.4, 0.5) is 15.8 Å². The number of carbonyl (C=O) groups is 1. The molecule has 1 aromatic heterocycles. The Labute approximate surface area is 181 Å². The highest BCUT2D eigenvalue weighted by Gasteiger charge is 2.19. The summed E-state index contributed by atoms with van der Waals surface area (Å²) in [6.45, 7) is 0.269. The monoisotopic (exact) mass is 464 g/mol. The topological polar surface area (TPSA) is 131 Å². The van der Waals surface area contributed by atoms with E-state index in [9.17, 15) is 27.7 Å². The maximum absolute atomic E-state index is 13.9. The first kappa shape index (κ1) is 22.3. The van der Waals surface area contributed by atoms with Crippen LogP contribution in [0.1, 0.15) is 10.5 Å². The average molecular weight is 465 g/mol. The van der Waals surface area contributed by atoms with E-state index in [4.69, 9.17) is 0 Å². The van der Waals surface area contributed by atoms with Crippen LogP contribution in [0.25, 0.3) is 10.6 Å². The van der Waals surface area contributed by atoms with Crippen LogP contribution in [0.5, 0.6) is 0 Å². The van der Waals surface area contributed by atoms with Crippen molar-refractivity contribution in [3.8, 4) is 10.6 Å². The number of rotatable bonds is 8. The number of carbonyl (C=O) groups excluding carboxylic acids is 1. The van der Waals surface area contributed by atoms with E-state index in [0.29, 0.717) is 10.6 Å². The van der Waals surface area contributed by atoms with Crippen molar-refractivity contribution in [3.63, 3.8) is 0 Å². The number of hydrogen-bond donors (Lipinski definition) is 2. The van der Waals surface area contributed by atoms with Gasteiger partial charge in [0.2, 0.25) is 0 Å². The molecule has 0 radical (unpaired) electrons. The fourth-order valence-corrected chi connectivity index (χ4v) is 4.11. The zero-order chi connectivity index (χ0) is 22.6. The van der Waals surface area contributed by atoms with E-state index < -0.39 is 26.5 Å². The fourth-order valence-electron chi connectivity index (χ4n) is 2.64. The molecule has 2 aromatic carbocycles. The molecule has 0 bridgehead atoms. The quantitative estimate of drug-likeness (QED) is 0.297. The molecule has 3 rings (SSSR count). The molecular formula is C19H17FN4O5S2. The van der Waals surface area contributed by atoms with Crippen molar-refractivity contribution >= 4 is 38.5 Å². The molecule has 2 N–H and O–H groups in total. The number of nitrogens with one attached hydrogen (secondary N) is 2. The van der Waals surface area contributed by atoms with Gasteiger partial charge in [0.25, 0.3) is 11.6 Å². The van der Waals surface area contributed by atoms with Gasteiger partial charge in [0.1, 0.15) is 22.2 Å². The predicted octanol–water partition coefficient (Wildman–Crippen LogP) is 3.10. The van der Waals surface area contributed by atoms with Crippen molar-refractivity contribution in [1.29, 1.82) is 0 Å². The molecule has 31 heavy (non-hydrogen) atoms. The van der Waals surface area contributed by atoms with E-state index in [0.717, 1.165) is 23.7 Å². The maximum atomic E-state index is 13.9. The average Bonchev–Trinajstić information content (AvgIpc) is 3.20. The Balaban J connectivity index is 1.60. The second-order valence-electron chi connectivity index (χ2n) is 6.41. The van der Waals surface area contributed by atoms with Gasteiger partial charge in [-0.3, -0.25) is 14.9 Å². The van der Waals surface area contributed by atoms with Crippen LogP contribution in [-0.2, 0) is 9.84 Å². The van der Waals surface area contributed by atoms with Crippen molar-refractivity contribution in [2.45, 2.75) is 4.90 Å². The second-order valence-corrected chi connectivity index (χ2v) is 9.28. The fraction of sp³-hybridized carbons (Fsp3) is 0.158. The Kier molecular flexibility index (Phi) is 6.61. The highest BCUT2D eigenvalue weighted by Crippen LogP contribution is 2.28. The van der Waals surface area contributed by atoms with E-state index in [1.165, 1.54) is 23.6 Å². The number of benzene rings is 2. The molecule has 0 unspecified atom stereocenters. The van der Waals surface area contributed by atoms with Crippen molar-refractivity contribution in [2.75, 3.05) is 24.7 Å². The summed E-state index contributed by atoms with van der Waals surface area (Å²) < 4.78 is 37.0. The van der Waals surface area contributed by atoms with Gasteiger partial charge >= 0.3 is 0 Å². The van der Waals surface area contributed by atoms with Gasteiger partial charge in [-0.2, -0.15) is 0 Å². The minimum Gasteiger partial charge on any atom is -0.378 e. The minimum absolute atomic E-state index is 0.121. The zero-order valence-electron chi connectivity index (χ0n) is 16.2. The number of thiazole rings is 1. The summed E-state index contributed by atoms with van der Waals surface area (Å²) in [6, 6.07) is 9.67. The first-order valence-corrected chi connectivity index (χ1v) is 11.6. The van der Waals surface area contributed by atoms with Crippen molar-refractivity contribution < 1.29 is 22.5 Å². The summed E-state index contributed by atoms with van der Waals surface area (Å²) in [5.41, 5.74) is 0.176. The molecule has 1 heterocycles. The van der Waals surface area contributed by atoms with E-state index >= 15 is 0 Å². The predicted molar refractivity (Wildman–Crippen MR) is 115 cm³/mol. The summed E-state index contributed by atoms with van der Waals surface area (Å²) in [5.74, 6) is -0.904. The number of anilines is 1. The summed E-state index contributed by atoms with van der Waals surface area (Å²) in [4.78, 5) is 26.8. The normalized spacial score (nSPS) is 11.2. The lowest BCUT2D eigenvalue weighted by atomic mass is 10.2. The first-order chi connectivity index (χ1) is 14.7. The minimum atomic E-state index is -3.58. The third-order valence-electron chi connectivity index (χ3n) is 4.16. The SMILES string of the molecule is CS(=O)(=O)c1ccc(NCCNC(=O)c2csc(-c3ccccc3F)n2)c([N+](=O)[O-])c1. The molecular weight excluding hydrogens is 447 g/mol. The number of hydrogen-bond acceptors (Lipinski definition) is 8. The van der Waals surface area contributed by atoms with Gasteiger partial charge in [0.05, 0.1) is 9.82 Å². The van der Waals surface area contributed by atoms with E-state index in [1.54, 1.807) is 18.2 Å². The van der Waals surface area contributed by atoms with Gasteiger partial charge in [-0.15, -0.1) is 11.3 Å². The molecule has 9 nitrogen and oxygen atoms in total. The Morgan fingerprint density at radius 3 is 2.65 bits per heavy atom. The third-order valence-corrected chi connectivity index (χ3v) is 6.15. The van der Waals surface area contributed by atoms with Gasteiger partial charge in [-0.05, 0) is 24.3 Å². The molecule has 0 aliphatic carbocycles. The molecule has 0 fully saturated rings. The van der Waals surface area contributed by atoms with Crippen LogP contribution in [0, 0.1) is 15.9 Å². The van der Waals surface area contributed by atoms with Crippen molar-refractivity contribution in [2.24, 2.45) is 0 Å². The summed E-state index contributed by atoms with van der Waals surface area (Å²) in [6.07, 6.45) is 0.963. The second kappa shape index (κ2) is 9.18. The van der Waals surface area contributed by atoms with Gasteiger partial charge in [0, 0.05) is 36.4 Å². The van der Waals surface area contributed by atoms with Crippen LogP contribution in [0.2, 0.25) is 0 Å². The molecule has 1 amide bonds. The highest BCUT2D eigenvalue weighted by molar-refractivity contribution is 7.90. The lowest BCUT2D eigenvalue weighted by Crippen LogP contribution is -2.29. The number of aromatic nitrogens is 1. The van der Waals surface area contributed by atoms with E-state index in [1.807, 2.05) is 0 Å². The number of nitro benzene ring substituents is 1. The maximum Gasteiger partial charge on any atom is 0.293 e. The van der Waals surface area contributed by atoms with Crippen LogP contribution < -0.4 is 10.6 Å². The van der Waals surface area contributed by atoms with Crippen LogP contribution in [0.3, 0.4) is 0 Å². The Hall–Kier alpha value is -3.38. The summed E-state index contributed by atoms with van der Waals surface area (Å²) in [7, 11) is -3.58. The molecule has 3 aromatic rings. The van der Waals surface area contributed by atoms with Crippen molar-refractivity contribution in [1.82, 2.24) is 10.3 Å². The van der Waals surface area contributed by atoms with Gasteiger partial charge in [-0.1, -0.05) is 12.1 Å². The standard InChI is InChI=1S/C19H17FN4O5S2/c1-31(28,29)12-6-7-15(17(10-12)24(26)27)21-8-9-22-18(25)16-11-30-19(23-16)13-4-2-3-5-14(13)20/h2-7,10-11,21H,8-9H2,1H3,(H,22,25). The molecule has 0 saturated heterocycles. The highest BCUT2D eigenvalue weighted by atomic mass is 32.2. The molecule has 0 atom stereocenters. The molecule has 0 aliphatic heterocycles. The van der Waals surface area contributed by atoms with E-state index in [2.05, 4.69) is 15.6 Å². The van der Waals surface area contributed by atoms with Crippen LogP contribution in [-0.4, -0.2) is 43.6 Å². The largest absolute Gasteiger partial charge is 0.378 e. The third kappa shape index (κ3) is 5.41. The number of sulfone groups is 1.